The van der Waals surface area contributed by atoms with Crippen molar-refractivity contribution in [1.82, 2.24) is 19.2 Å². The normalized spacial score (nSPS) is 11.4. The number of hydrogen-bond donors (Lipinski definition) is 0. The highest BCUT2D eigenvalue weighted by atomic mass is 32.2. The molecule has 3 heterocycles. The topological polar surface area (TPSA) is 61.4 Å². The quantitative estimate of drug-likeness (QED) is 0.351. The summed E-state index contributed by atoms with van der Waals surface area (Å²) in [5.41, 5.74) is 4.27. The Kier molecular flexibility index (Phi) is 5.25. The number of aromatic nitrogens is 4. The summed E-state index contributed by atoms with van der Waals surface area (Å²) in [4.78, 5) is 13.2. The minimum absolute atomic E-state index is 0.0456. The van der Waals surface area contributed by atoms with Crippen molar-refractivity contribution in [3.05, 3.63) is 87.0 Å². The predicted molar refractivity (Wildman–Crippen MR) is 125 cm³/mol. The highest BCUT2D eigenvalue weighted by molar-refractivity contribution is 7.98. The van der Waals surface area contributed by atoms with Gasteiger partial charge in [-0.3, -0.25) is 13.8 Å². The molecule has 31 heavy (non-hydrogen) atoms. The Morgan fingerprint density at radius 3 is 2.48 bits per heavy atom. The summed E-state index contributed by atoms with van der Waals surface area (Å²) in [5.74, 6) is 2.12. The molecule has 0 bridgehead atoms. The lowest BCUT2D eigenvalue weighted by Crippen LogP contribution is -2.23. The largest absolute Gasteiger partial charge is 0.497 e. The second-order valence-corrected chi connectivity index (χ2v) is 9.13. The number of hydrogen-bond acceptors (Lipinski definition) is 6. The lowest BCUT2D eigenvalue weighted by molar-refractivity contribution is 0.414. The number of thioether (sulfide) groups is 1. The maximum Gasteiger partial charge on any atom is 0.273 e. The molecule has 5 aromatic rings. The van der Waals surface area contributed by atoms with Gasteiger partial charge in [0.2, 0.25) is 5.78 Å². The van der Waals surface area contributed by atoms with E-state index in [0.717, 1.165) is 27.7 Å². The van der Waals surface area contributed by atoms with Crippen molar-refractivity contribution in [2.24, 2.45) is 0 Å². The van der Waals surface area contributed by atoms with Crippen molar-refractivity contribution in [1.29, 1.82) is 0 Å². The van der Waals surface area contributed by atoms with Gasteiger partial charge in [0.25, 0.3) is 5.56 Å². The minimum atomic E-state index is -0.0456. The van der Waals surface area contributed by atoms with E-state index < -0.39 is 0 Å². The summed E-state index contributed by atoms with van der Waals surface area (Å²) in [5, 5.41) is 11.6. The number of methoxy groups -OCH3 is 1. The second-order valence-electron chi connectivity index (χ2n) is 7.27. The van der Waals surface area contributed by atoms with Crippen LogP contribution in [0.15, 0.2) is 69.9 Å². The second kappa shape index (κ2) is 8.20. The molecule has 0 saturated carbocycles. The molecule has 0 spiro atoms. The van der Waals surface area contributed by atoms with Crippen LogP contribution in [0.3, 0.4) is 0 Å². The Morgan fingerprint density at radius 2 is 1.74 bits per heavy atom. The minimum Gasteiger partial charge on any atom is -0.497 e. The molecule has 6 nitrogen and oxygen atoms in total. The summed E-state index contributed by atoms with van der Waals surface area (Å²) in [6.07, 6.45) is 0. The SMILES string of the molecule is COc1ccc(Cn2c(=O)c3sccc3n3c(SCc4ccc(C)cc4)nnc23)cc1. The average molecular weight is 449 g/mol. The van der Waals surface area contributed by atoms with Gasteiger partial charge in [-0.25, -0.2) is 0 Å². The summed E-state index contributed by atoms with van der Waals surface area (Å²) < 4.78 is 9.64. The molecule has 8 heteroatoms. The fourth-order valence-corrected chi connectivity index (χ4v) is 5.20. The molecular formula is C23H20N4O2S2. The van der Waals surface area contributed by atoms with Crippen LogP contribution < -0.4 is 10.3 Å². The number of nitrogens with zero attached hydrogens (tertiary/aromatic N) is 4. The van der Waals surface area contributed by atoms with Gasteiger partial charge in [-0.05, 0) is 41.6 Å². The predicted octanol–water partition coefficient (Wildman–Crippen LogP) is 4.76. The number of benzene rings is 2. The zero-order chi connectivity index (χ0) is 21.4. The van der Waals surface area contributed by atoms with E-state index in [0.29, 0.717) is 17.0 Å². The maximum absolute atomic E-state index is 13.2. The van der Waals surface area contributed by atoms with Crippen molar-refractivity contribution >= 4 is 39.1 Å². The van der Waals surface area contributed by atoms with Gasteiger partial charge in [-0.15, -0.1) is 21.5 Å². The first-order chi connectivity index (χ1) is 15.1. The van der Waals surface area contributed by atoms with Crippen molar-refractivity contribution in [2.75, 3.05) is 7.11 Å². The molecule has 0 fully saturated rings. The zero-order valence-electron chi connectivity index (χ0n) is 17.1. The van der Waals surface area contributed by atoms with E-state index in [1.54, 1.807) is 23.4 Å². The van der Waals surface area contributed by atoms with E-state index >= 15 is 0 Å². The summed E-state index contributed by atoms with van der Waals surface area (Å²) in [6, 6.07) is 18.2. The number of thiophene rings is 1. The first-order valence-corrected chi connectivity index (χ1v) is 11.7. The Hall–Kier alpha value is -3.10. The van der Waals surface area contributed by atoms with Crippen molar-refractivity contribution in [3.63, 3.8) is 0 Å². The molecule has 0 aliphatic heterocycles. The molecule has 156 valence electrons. The van der Waals surface area contributed by atoms with E-state index in [9.17, 15) is 4.79 Å². The van der Waals surface area contributed by atoms with Gasteiger partial charge in [0.05, 0.1) is 19.2 Å². The number of aryl methyl sites for hydroxylation is 1. The lowest BCUT2D eigenvalue weighted by atomic mass is 10.2. The standard InChI is InChI=1S/C23H20N4O2S2/c1-15-3-5-17(6-4-15)14-31-23-25-24-22-26(13-16-7-9-18(29-2)10-8-16)21(28)20-19(27(22)23)11-12-30-20/h3-12H,13-14H2,1-2H3. The smallest absolute Gasteiger partial charge is 0.273 e. The highest BCUT2D eigenvalue weighted by Gasteiger charge is 2.18. The summed E-state index contributed by atoms with van der Waals surface area (Å²) >= 11 is 3.07. The Bertz CT molecular complexity index is 1420. The lowest BCUT2D eigenvalue weighted by Gasteiger charge is -2.10. The van der Waals surface area contributed by atoms with Crippen LogP contribution in [-0.2, 0) is 12.3 Å². The molecule has 0 aliphatic rings. The van der Waals surface area contributed by atoms with Crippen molar-refractivity contribution in [2.45, 2.75) is 24.4 Å². The van der Waals surface area contributed by atoms with Crippen LogP contribution >= 0.6 is 23.1 Å². The van der Waals surface area contributed by atoms with E-state index in [2.05, 4.69) is 41.4 Å². The summed E-state index contributed by atoms with van der Waals surface area (Å²) in [6.45, 7) is 2.50. The number of fused-ring (bicyclic) bond motifs is 3. The molecule has 3 aromatic heterocycles. The molecule has 0 aliphatic carbocycles. The van der Waals surface area contributed by atoms with Crippen LogP contribution in [0.5, 0.6) is 5.75 Å². The Balaban J connectivity index is 1.56. The first-order valence-electron chi connectivity index (χ1n) is 9.80. The van der Waals surface area contributed by atoms with Crippen LogP contribution in [-0.4, -0.2) is 26.3 Å². The van der Waals surface area contributed by atoms with Crippen molar-refractivity contribution < 1.29 is 4.74 Å². The number of rotatable bonds is 6. The van der Waals surface area contributed by atoms with Gasteiger partial charge in [-0.1, -0.05) is 53.7 Å². The van der Waals surface area contributed by atoms with Gasteiger partial charge in [0.15, 0.2) is 5.16 Å². The van der Waals surface area contributed by atoms with Gasteiger partial charge in [-0.2, -0.15) is 0 Å². The molecule has 0 N–H and O–H groups in total. The molecule has 5 rings (SSSR count). The fourth-order valence-electron chi connectivity index (χ4n) is 3.48. The number of ether oxygens (including phenoxy) is 1. The third-order valence-corrected chi connectivity index (χ3v) is 7.06. The van der Waals surface area contributed by atoms with E-state index in [4.69, 9.17) is 4.74 Å². The van der Waals surface area contributed by atoms with Crippen LogP contribution in [0.25, 0.3) is 16.0 Å². The van der Waals surface area contributed by atoms with E-state index in [1.807, 2.05) is 40.1 Å². The van der Waals surface area contributed by atoms with Crippen LogP contribution in [0, 0.1) is 6.92 Å². The van der Waals surface area contributed by atoms with Gasteiger partial charge in [0, 0.05) is 5.75 Å². The van der Waals surface area contributed by atoms with Crippen LogP contribution in [0.2, 0.25) is 0 Å². The van der Waals surface area contributed by atoms with Crippen LogP contribution in [0.4, 0.5) is 0 Å². The monoisotopic (exact) mass is 448 g/mol. The molecule has 0 radical (unpaired) electrons. The highest BCUT2D eigenvalue weighted by Crippen LogP contribution is 2.27. The molecule has 0 saturated heterocycles. The van der Waals surface area contributed by atoms with E-state index in [1.165, 1.54) is 22.5 Å². The molecule has 0 amide bonds. The third-order valence-electron chi connectivity index (χ3n) is 5.17. The maximum atomic E-state index is 13.2. The average Bonchev–Trinajstić information content (AvgIpc) is 3.44. The molecular weight excluding hydrogens is 428 g/mol. The zero-order valence-corrected chi connectivity index (χ0v) is 18.7. The third kappa shape index (κ3) is 3.73. The van der Waals surface area contributed by atoms with Gasteiger partial charge in [0.1, 0.15) is 10.4 Å². The molecule has 2 aromatic carbocycles. The van der Waals surface area contributed by atoms with Gasteiger partial charge >= 0.3 is 0 Å². The molecule has 0 atom stereocenters. The molecule has 0 unspecified atom stereocenters. The van der Waals surface area contributed by atoms with E-state index in [-0.39, 0.29) is 5.56 Å². The fraction of sp³-hybridized carbons (Fsp3) is 0.174. The van der Waals surface area contributed by atoms with Gasteiger partial charge < -0.3 is 4.74 Å². The first kappa shape index (κ1) is 19.8. The Labute approximate surface area is 187 Å². The van der Waals surface area contributed by atoms with Crippen molar-refractivity contribution in [3.8, 4) is 5.75 Å². The Morgan fingerprint density at radius 1 is 1.00 bits per heavy atom. The summed E-state index contributed by atoms with van der Waals surface area (Å²) in [7, 11) is 1.64. The van der Waals surface area contributed by atoms with Crippen LogP contribution in [0.1, 0.15) is 16.7 Å².